The van der Waals surface area contributed by atoms with Gasteiger partial charge in [0.15, 0.2) is 34.7 Å². The summed E-state index contributed by atoms with van der Waals surface area (Å²) in [7, 11) is 0. The molecular formula is C85H133N25O20. The fourth-order valence-corrected chi connectivity index (χ4v) is 10.8. The van der Waals surface area contributed by atoms with Gasteiger partial charge in [-0.2, -0.15) is 0 Å². The van der Waals surface area contributed by atoms with E-state index in [1.807, 2.05) is 13.8 Å². The van der Waals surface area contributed by atoms with Crippen molar-refractivity contribution in [2.24, 2.45) is 69.7 Å². The average molecular weight is 1830 g/mol. The third kappa shape index (κ3) is 56.1. The SMILES string of the molecule is CC(=O)CCCC(=O)[C@@H](N)Cc1ncc[nH]1.CC(=O)CCNC(=O)[C@H](C)CC(=O)[C@@H](N)Cc1ncc[nH]1.CC(=O)COCC(=O)[C@@H](N)Cc1ncc[nH]1.CC(=O)CONC(=O)[C@H](C)CC(=O)[C@@H](N)Cc1ncc[nH]1.CC(=O)CONC[C@H](C)CC(=O)[C@@H](N)Cc1ncc[nH]1.CC(=O)C[C@@H](C)C(=O)N[C@H](Cc1ncc[nH]1)C(N)=O.CC(=O)[C@H](C)CCC(=O)[C@@H](N)Cc1ncc[nH]1. The Morgan fingerprint density at radius 2 is 0.685 bits per heavy atom. The van der Waals surface area contributed by atoms with Crippen molar-refractivity contribution < 1.29 is 95.9 Å². The number of ketones is 13. The van der Waals surface area contributed by atoms with Gasteiger partial charge < -0.3 is 100.0 Å². The van der Waals surface area contributed by atoms with E-state index in [9.17, 15) is 81.5 Å². The maximum atomic E-state index is 12.0. The highest BCUT2D eigenvalue weighted by molar-refractivity contribution is 5.92. The summed E-state index contributed by atoms with van der Waals surface area (Å²) in [4.78, 5) is 250. The molecule has 45 heteroatoms. The Hall–Kier alpha value is -12.3. The highest BCUT2D eigenvalue weighted by atomic mass is 16.7. The lowest BCUT2D eigenvalue weighted by atomic mass is 9.97. The number of rotatable bonds is 56. The van der Waals surface area contributed by atoms with E-state index in [2.05, 4.69) is 91.4 Å². The van der Waals surface area contributed by atoms with Crippen LogP contribution >= 0.6 is 0 Å². The summed E-state index contributed by atoms with van der Waals surface area (Å²) in [6.07, 6.45) is 28.5. The number of H-pyrrole nitrogens is 7. The predicted molar refractivity (Wildman–Crippen MR) is 474 cm³/mol. The third-order valence-corrected chi connectivity index (χ3v) is 18.5. The van der Waals surface area contributed by atoms with Crippen LogP contribution in [0.1, 0.15) is 188 Å². The maximum absolute atomic E-state index is 12.0. The molecule has 7 aromatic rings. The van der Waals surface area contributed by atoms with Crippen molar-refractivity contribution in [1.29, 1.82) is 0 Å². The van der Waals surface area contributed by atoms with Gasteiger partial charge in [0.05, 0.1) is 36.3 Å². The number of nitrogens with two attached hydrogens (primary N) is 7. The van der Waals surface area contributed by atoms with Crippen molar-refractivity contribution in [2.45, 2.75) is 235 Å². The van der Waals surface area contributed by atoms with Crippen molar-refractivity contribution in [3.63, 3.8) is 0 Å². The zero-order valence-corrected chi connectivity index (χ0v) is 76.1. The normalized spacial score (nSPS) is 13.4. The van der Waals surface area contributed by atoms with E-state index in [1.165, 1.54) is 48.5 Å². The first-order valence-electron chi connectivity index (χ1n) is 42.1. The number of carbonyl (C=O) groups is 17. The number of nitrogens with one attached hydrogen (secondary N) is 11. The number of ether oxygens (including phenoxy) is 1. The minimum Gasteiger partial charge on any atom is -0.368 e. The molecule has 45 nitrogen and oxygen atoms in total. The van der Waals surface area contributed by atoms with Gasteiger partial charge in [-0.15, -0.1) is 0 Å². The van der Waals surface area contributed by atoms with Gasteiger partial charge in [0, 0.05) is 220 Å². The first-order chi connectivity index (χ1) is 61.4. The summed E-state index contributed by atoms with van der Waals surface area (Å²) in [6.45, 7) is 19.2. The summed E-state index contributed by atoms with van der Waals surface area (Å²) in [5.41, 5.74) is 44.6. The van der Waals surface area contributed by atoms with Crippen LogP contribution in [-0.2, 0) is 141 Å². The Kier molecular flexibility index (Phi) is 58.8. The molecule has 0 aliphatic heterocycles. The molecule has 12 atom stereocenters. The molecule has 0 fully saturated rings. The molecule has 0 radical (unpaired) electrons. The Morgan fingerprint density at radius 1 is 0.346 bits per heavy atom. The van der Waals surface area contributed by atoms with Crippen LogP contribution in [-0.4, -0.2) is 250 Å². The number of aromatic amines is 7. The van der Waals surface area contributed by atoms with Gasteiger partial charge >= 0.3 is 0 Å². The summed E-state index contributed by atoms with van der Waals surface area (Å²) < 4.78 is 4.89. The second kappa shape index (κ2) is 66.1. The molecule has 718 valence electrons. The van der Waals surface area contributed by atoms with Crippen molar-refractivity contribution in [2.75, 3.05) is 39.5 Å². The molecule has 130 heavy (non-hydrogen) atoms. The number of nitrogens with zero attached hydrogens (tertiary/aromatic N) is 7. The van der Waals surface area contributed by atoms with Crippen LogP contribution in [0.4, 0.5) is 0 Å². The van der Waals surface area contributed by atoms with E-state index < -0.39 is 71.9 Å². The van der Waals surface area contributed by atoms with Gasteiger partial charge in [0.2, 0.25) is 23.6 Å². The fraction of sp³-hybridized carbons (Fsp3) is 0.553. The molecule has 25 N–H and O–H groups in total. The van der Waals surface area contributed by atoms with Crippen LogP contribution in [0.5, 0.6) is 0 Å². The molecule has 0 saturated carbocycles. The van der Waals surface area contributed by atoms with Gasteiger partial charge in [-0.1, -0.05) is 34.6 Å². The second-order valence-corrected chi connectivity index (χ2v) is 31.2. The number of hydroxylamine groups is 2. The molecule has 7 heterocycles. The van der Waals surface area contributed by atoms with E-state index in [0.717, 1.165) is 0 Å². The molecule has 0 bridgehead atoms. The molecule has 0 aromatic carbocycles. The topological polar surface area (TPSA) is 749 Å². The largest absolute Gasteiger partial charge is 0.368 e. The summed E-state index contributed by atoms with van der Waals surface area (Å²) in [5, 5.41) is 5.17. The third-order valence-electron chi connectivity index (χ3n) is 18.5. The summed E-state index contributed by atoms with van der Waals surface area (Å²) in [5.74, 6) is 0.440. The first kappa shape index (κ1) is 116. The molecule has 4 amide bonds. The quantitative estimate of drug-likeness (QED) is 0.0175. The van der Waals surface area contributed by atoms with E-state index in [-0.39, 0.29) is 151 Å². The van der Waals surface area contributed by atoms with Crippen LogP contribution in [0.2, 0.25) is 0 Å². The number of amides is 4. The average Bonchev–Trinajstić information content (AvgIpc) is 1.48. The van der Waals surface area contributed by atoms with Crippen LogP contribution in [0, 0.1) is 29.6 Å². The zero-order chi connectivity index (χ0) is 97.8. The Labute approximate surface area is 754 Å². The lowest BCUT2D eigenvalue weighted by molar-refractivity contribution is -0.142. The van der Waals surface area contributed by atoms with Crippen molar-refractivity contribution in [3.05, 3.63) is 128 Å². The molecule has 0 aliphatic carbocycles. The number of Topliss-reactive ketones (excluding diaryl/α,β-unsaturated/α-hetero) is 13. The van der Waals surface area contributed by atoms with Crippen LogP contribution in [0.15, 0.2) is 86.8 Å². The minimum atomic E-state index is -0.840. The number of aromatic nitrogens is 14. The van der Waals surface area contributed by atoms with Crippen LogP contribution in [0.3, 0.4) is 0 Å². The van der Waals surface area contributed by atoms with Crippen molar-refractivity contribution in [1.82, 2.24) is 91.4 Å². The second-order valence-electron chi connectivity index (χ2n) is 31.2. The minimum absolute atomic E-state index is 0.00284. The van der Waals surface area contributed by atoms with E-state index in [1.54, 1.807) is 108 Å². The maximum Gasteiger partial charge on any atom is 0.246 e. The smallest absolute Gasteiger partial charge is 0.246 e. The molecule has 7 rings (SSSR count). The summed E-state index contributed by atoms with van der Waals surface area (Å²) >= 11 is 0. The molecule has 7 aromatic heterocycles. The number of primary amides is 1. The molecule has 0 saturated heterocycles. The number of hydrogen-bond donors (Lipinski definition) is 18. The number of carbonyl (C=O) groups excluding carboxylic acids is 17. The number of imidazole rings is 7. The zero-order valence-electron chi connectivity index (χ0n) is 76.1. The van der Waals surface area contributed by atoms with Gasteiger partial charge in [0.25, 0.3) is 0 Å². The fourth-order valence-electron chi connectivity index (χ4n) is 10.8. The lowest BCUT2D eigenvalue weighted by Gasteiger charge is -2.17. The van der Waals surface area contributed by atoms with Crippen LogP contribution in [0.25, 0.3) is 0 Å². The monoisotopic (exact) mass is 1820 g/mol. The van der Waals surface area contributed by atoms with Gasteiger partial charge in [-0.3, -0.25) is 81.6 Å². The van der Waals surface area contributed by atoms with Crippen LogP contribution < -0.4 is 61.7 Å². The highest BCUT2D eigenvalue weighted by Crippen LogP contribution is 2.13. The van der Waals surface area contributed by atoms with Gasteiger partial charge in [-0.25, -0.2) is 45.8 Å². The standard InChI is InChI=1S/C14H22N4O3.C13H20N4O4.C13H22N4O3.C12H18N4O3.C12H19N3O2.C11H17N3O2.C10H15N3O3/c1-9(14(21)18-4-3-10(2)19)7-12(20)11(15)8-13-16-5-6-17-13;1-8(13(20)17-21-7-9(2)18)5-11(19)10(14)6-12-15-3-4-16-12;1-9(7-17-20-8-10(2)18)5-12(19)11(14)6-13-15-3-4-16-13;1-7(5-8(2)17)12(19)16-9(11(13)18)6-10-14-3-4-15-10;1-8(9(2)16)3-4-11(17)10(13)7-12-14-5-6-15-12;1-8(15)3-2-4-10(16)9(12)7-11-13-5-6-14-11;1-7(14)5-16-6-9(15)8(11)4-10-12-2-3-13-10/h5-6,9,11H,3-4,7-8,15H2,1-2H3,(H,16,17)(H,18,21);3-4,8,10H,5-7,14H2,1-2H3,(H,15,16)(H,17,20);3-4,9,11,17H,5-8,14H2,1-2H3,(H,15,16);3-4,7,9H,5-6H2,1-2H3,(H2,13,18)(H,14,15)(H,16,19);5-6,8,10H,3-4,7,13H2,1-2H3,(H,14,15);5-6,9H,2-4,7,12H2,1H3,(H,13,14);2-3,8H,4-6,11H2,1H3,(H,12,13)/t9-,11+;8-,10+;9-,11+;7-,9-;8-,10+;9-;8-/m1111100/s1. The first-order valence-corrected chi connectivity index (χ1v) is 42.1. The van der Waals surface area contributed by atoms with Gasteiger partial charge in [-0.05, 0) is 67.2 Å². The highest BCUT2D eigenvalue weighted by Gasteiger charge is 2.28. The van der Waals surface area contributed by atoms with Crippen molar-refractivity contribution >= 4 is 98.8 Å². The Bertz CT molecular complexity index is 4330. The molecule has 0 unspecified atom stereocenters. The van der Waals surface area contributed by atoms with E-state index in [0.29, 0.717) is 137 Å². The number of hydrogen-bond acceptors (Lipinski definition) is 34. The molecule has 0 spiro atoms. The molecular weight excluding hydrogens is 1690 g/mol. The summed E-state index contributed by atoms with van der Waals surface area (Å²) in [6, 6.07) is -4.51. The van der Waals surface area contributed by atoms with Gasteiger partial charge in [0.1, 0.15) is 114 Å². The van der Waals surface area contributed by atoms with E-state index >= 15 is 0 Å². The lowest BCUT2D eigenvalue weighted by Crippen LogP contribution is -2.47. The Balaban J connectivity index is 0.000000760. The van der Waals surface area contributed by atoms with E-state index in [4.69, 9.17) is 54.5 Å². The molecule has 0 aliphatic rings. The predicted octanol–water partition coefficient (Wildman–Crippen LogP) is -0.0798. The Morgan fingerprint density at radius 3 is 1.03 bits per heavy atom. The van der Waals surface area contributed by atoms with Crippen molar-refractivity contribution in [3.8, 4) is 0 Å².